The number of carbonyl (C=O) groups is 1. The number of carbonyl (C=O) groups excluding carboxylic acids is 1. The van der Waals surface area contributed by atoms with Crippen LogP contribution in [0.5, 0.6) is 0 Å². The zero-order chi connectivity index (χ0) is 11.7. The molecule has 0 aliphatic carbocycles. The van der Waals surface area contributed by atoms with Gasteiger partial charge in [0, 0.05) is 0 Å². The molecule has 1 aromatic heterocycles. The molecule has 0 unspecified atom stereocenters. The van der Waals surface area contributed by atoms with Crippen molar-refractivity contribution in [1.82, 2.24) is 4.98 Å². The molecule has 0 spiro atoms. The summed E-state index contributed by atoms with van der Waals surface area (Å²) in [5.74, 6) is -0.129. The number of oxazole rings is 1. The highest BCUT2D eigenvalue weighted by Crippen LogP contribution is 2.24. The molecule has 0 aliphatic rings. The maximum absolute atomic E-state index is 13.4. The molecule has 16 heavy (non-hydrogen) atoms. The Labute approximate surface area is 95.9 Å². The van der Waals surface area contributed by atoms with Gasteiger partial charge in [0.2, 0.25) is 5.89 Å². The lowest BCUT2D eigenvalue weighted by Gasteiger charge is -1.95. The molecule has 1 heterocycles. The van der Waals surface area contributed by atoms with Crippen LogP contribution in [-0.2, 0) is 0 Å². The minimum atomic E-state index is -0.719. The Hall–Kier alpha value is -1.68. The van der Waals surface area contributed by atoms with Crippen molar-refractivity contribution in [3.05, 3.63) is 41.5 Å². The number of nitrogens with zero attached hydrogens (tertiary/aromatic N) is 1. The van der Waals surface area contributed by atoms with E-state index >= 15 is 0 Å². The van der Waals surface area contributed by atoms with Crippen LogP contribution in [0.2, 0.25) is 0 Å². The van der Waals surface area contributed by atoms with Gasteiger partial charge in [-0.2, -0.15) is 0 Å². The maximum Gasteiger partial charge on any atom is 0.274 e. The van der Waals surface area contributed by atoms with Crippen LogP contribution in [0.25, 0.3) is 11.5 Å². The Balaban J connectivity index is 2.54. The summed E-state index contributed by atoms with van der Waals surface area (Å²) in [6.45, 7) is 1.55. The van der Waals surface area contributed by atoms with Crippen LogP contribution in [0, 0.1) is 12.7 Å². The van der Waals surface area contributed by atoms with Gasteiger partial charge in [0.15, 0.2) is 5.69 Å². The number of rotatable bonds is 2. The Bertz CT molecular complexity index is 551. The van der Waals surface area contributed by atoms with Crippen LogP contribution in [0.1, 0.15) is 16.2 Å². The molecule has 3 nitrogen and oxygen atoms in total. The second-order valence-corrected chi connectivity index (χ2v) is 3.52. The number of benzene rings is 1. The molecule has 2 rings (SSSR count). The third kappa shape index (κ3) is 1.84. The summed E-state index contributed by atoms with van der Waals surface area (Å²) in [6.07, 6.45) is 0. The van der Waals surface area contributed by atoms with Gasteiger partial charge in [0.1, 0.15) is 11.6 Å². The molecule has 0 atom stereocenters. The molecule has 0 N–H and O–H groups in total. The maximum atomic E-state index is 13.4. The lowest BCUT2D eigenvalue weighted by atomic mass is 10.2. The molecule has 0 saturated carbocycles. The number of aryl methyl sites for hydroxylation is 1. The Morgan fingerprint density at radius 3 is 2.69 bits per heavy atom. The van der Waals surface area contributed by atoms with E-state index < -0.39 is 11.1 Å². The van der Waals surface area contributed by atoms with E-state index in [1.54, 1.807) is 19.1 Å². The summed E-state index contributed by atoms with van der Waals surface area (Å²) >= 11 is 5.29. The highest BCUT2D eigenvalue weighted by Gasteiger charge is 2.17. The first-order chi connectivity index (χ1) is 7.59. The molecule has 0 saturated heterocycles. The molecule has 0 fully saturated rings. The topological polar surface area (TPSA) is 43.1 Å². The van der Waals surface area contributed by atoms with E-state index in [2.05, 4.69) is 4.98 Å². The van der Waals surface area contributed by atoms with Gasteiger partial charge >= 0.3 is 0 Å². The third-order valence-corrected chi connectivity index (χ3v) is 2.27. The summed E-state index contributed by atoms with van der Waals surface area (Å²) in [5, 5.41) is -0.719. The van der Waals surface area contributed by atoms with Crippen molar-refractivity contribution in [3.63, 3.8) is 0 Å². The van der Waals surface area contributed by atoms with E-state index in [4.69, 9.17) is 16.0 Å². The summed E-state index contributed by atoms with van der Waals surface area (Å²) in [6, 6.07) is 6.02. The first kappa shape index (κ1) is 10.8. The molecule has 0 amide bonds. The summed E-state index contributed by atoms with van der Waals surface area (Å²) in [4.78, 5) is 14.8. The summed E-state index contributed by atoms with van der Waals surface area (Å²) < 4.78 is 18.6. The van der Waals surface area contributed by atoms with Crippen molar-refractivity contribution in [2.45, 2.75) is 6.92 Å². The fraction of sp³-hybridized carbons (Fsp3) is 0.0909. The first-order valence-electron chi connectivity index (χ1n) is 4.51. The van der Waals surface area contributed by atoms with Crippen molar-refractivity contribution in [3.8, 4) is 11.5 Å². The standard InChI is InChI=1S/C11H7ClFNO2/c1-6-9(10(12)15)14-11(16-6)7-4-2-3-5-8(7)13/h2-5H,1H3. The van der Waals surface area contributed by atoms with Crippen LogP contribution in [0.3, 0.4) is 0 Å². The van der Waals surface area contributed by atoms with E-state index in [1.165, 1.54) is 12.1 Å². The van der Waals surface area contributed by atoms with Crippen molar-refractivity contribution >= 4 is 16.8 Å². The average molecular weight is 240 g/mol. The Morgan fingerprint density at radius 2 is 2.12 bits per heavy atom. The number of halogens is 2. The predicted molar refractivity (Wildman–Crippen MR) is 56.8 cm³/mol. The monoisotopic (exact) mass is 239 g/mol. The van der Waals surface area contributed by atoms with Gasteiger partial charge in [0.05, 0.1) is 5.56 Å². The molecule has 0 radical (unpaired) electrons. The lowest BCUT2D eigenvalue weighted by Crippen LogP contribution is -1.91. The van der Waals surface area contributed by atoms with Gasteiger partial charge in [-0.1, -0.05) is 12.1 Å². The fourth-order valence-electron chi connectivity index (χ4n) is 1.33. The minimum Gasteiger partial charge on any atom is -0.441 e. The van der Waals surface area contributed by atoms with Gasteiger partial charge in [-0.15, -0.1) is 0 Å². The molecule has 82 valence electrons. The van der Waals surface area contributed by atoms with Crippen molar-refractivity contribution < 1.29 is 13.6 Å². The van der Waals surface area contributed by atoms with Crippen LogP contribution in [0.15, 0.2) is 28.7 Å². The predicted octanol–water partition coefficient (Wildman–Crippen LogP) is 3.17. The average Bonchev–Trinajstić information content (AvgIpc) is 2.61. The first-order valence-corrected chi connectivity index (χ1v) is 4.89. The second-order valence-electron chi connectivity index (χ2n) is 3.18. The SMILES string of the molecule is Cc1oc(-c2ccccc2F)nc1C(=O)Cl. The summed E-state index contributed by atoms with van der Waals surface area (Å²) in [7, 11) is 0. The van der Waals surface area contributed by atoms with Crippen molar-refractivity contribution in [1.29, 1.82) is 0 Å². The normalized spacial score (nSPS) is 10.4. The van der Waals surface area contributed by atoms with E-state index in [0.717, 1.165) is 0 Å². The molecule has 5 heteroatoms. The van der Waals surface area contributed by atoms with E-state index in [9.17, 15) is 9.18 Å². The molecule has 0 aliphatic heterocycles. The molecule has 1 aromatic carbocycles. The molecule has 2 aromatic rings. The van der Waals surface area contributed by atoms with Crippen LogP contribution >= 0.6 is 11.6 Å². The van der Waals surface area contributed by atoms with Gasteiger partial charge in [0.25, 0.3) is 5.24 Å². The Morgan fingerprint density at radius 1 is 1.44 bits per heavy atom. The zero-order valence-corrected chi connectivity index (χ0v) is 9.08. The molecule has 0 bridgehead atoms. The lowest BCUT2D eigenvalue weighted by molar-refractivity contribution is 0.107. The van der Waals surface area contributed by atoms with Gasteiger partial charge in [-0.25, -0.2) is 9.37 Å². The number of aromatic nitrogens is 1. The van der Waals surface area contributed by atoms with Crippen LogP contribution in [0.4, 0.5) is 4.39 Å². The Kier molecular flexibility index (Phi) is 2.75. The van der Waals surface area contributed by atoms with E-state index in [0.29, 0.717) is 0 Å². The highest BCUT2D eigenvalue weighted by molar-refractivity contribution is 6.67. The molecular weight excluding hydrogens is 233 g/mol. The van der Waals surface area contributed by atoms with Crippen LogP contribution < -0.4 is 0 Å². The molecular formula is C11H7ClFNO2. The second kappa shape index (κ2) is 4.06. The number of hydrogen-bond acceptors (Lipinski definition) is 3. The van der Waals surface area contributed by atoms with E-state index in [1.807, 2.05) is 0 Å². The smallest absolute Gasteiger partial charge is 0.274 e. The largest absolute Gasteiger partial charge is 0.441 e. The van der Waals surface area contributed by atoms with E-state index in [-0.39, 0.29) is 22.9 Å². The quantitative estimate of drug-likeness (QED) is 0.756. The van der Waals surface area contributed by atoms with Gasteiger partial charge < -0.3 is 4.42 Å². The van der Waals surface area contributed by atoms with Crippen LogP contribution in [-0.4, -0.2) is 10.2 Å². The number of hydrogen-bond donors (Lipinski definition) is 0. The fourth-order valence-corrected chi connectivity index (χ4v) is 1.50. The zero-order valence-electron chi connectivity index (χ0n) is 8.33. The summed E-state index contributed by atoms with van der Waals surface area (Å²) in [5.41, 5.74) is 0.217. The van der Waals surface area contributed by atoms with Crippen molar-refractivity contribution in [2.75, 3.05) is 0 Å². The third-order valence-electron chi connectivity index (χ3n) is 2.09. The van der Waals surface area contributed by atoms with Gasteiger partial charge in [-0.3, -0.25) is 4.79 Å². The van der Waals surface area contributed by atoms with Crippen molar-refractivity contribution in [2.24, 2.45) is 0 Å². The van der Waals surface area contributed by atoms with Gasteiger partial charge in [-0.05, 0) is 30.7 Å². The highest BCUT2D eigenvalue weighted by atomic mass is 35.5. The minimum absolute atomic E-state index is 0.0138.